The van der Waals surface area contributed by atoms with Crippen LogP contribution in [0.15, 0.2) is 10.5 Å². The second kappa shape index (κ2) is 5.69. The normalized spacial score (nSPS) is 21.9. The highest BCUT2D eigenvalue weighted by Crippen LogP contribution is 2.22. The summed E-state index contributed by atoms with van der Waals surface area (Å²) in [4.78, 5) is 2.51. The second-order valence-electron chi connectivity index (χ2n) is 5.15. The van der Waals surface area contributed by atoms with Crippen LogP contribution in [0.25, 0.3) is 0 Å². The number of aryl methyl sites for hydroxylation is 1. The highest BCUT2D eigenvalue weighted by molar-refractivity contribution is 5.20. The zero-order valence-electron chi connectivity index (χ0n) is 11.0. The average molecular weight is 236 g/mol. The summed E-state index contributed by atoms with van der Waals surface area (Å²) >= 11 is 0. The molecule has 0 radical (unpaired) electrons. The third-order valence-corrected chi connectivity index (χ3v) is 3.85. The maximum Gasteiger partial charge on any atom is 0.118 e. The summed E-state index contributed by atoms with van der Waals surface area (Å²) in [6, 6.07) is 2.12. The molecule has 0 aromatic carbocycles. The number of piperidine rings is 1. The first kappa shape index (κ1) is 12.7. The van der Waals surface area contributed by atoms with Gasteiger partial charge in [0.1, 0.15) is 11.5 Å². The van der Waals surface area contributed by atoms with Crippen molar-refractivity contribution in [3.63, 3.8) is 0 Å². The molecule has 1 atom stereocenters. The van der Waals surface area contributed by atoms with Gasteiger partial charge >= 0.3 is 0 Å². The Morgan fingerprint density at radius 3 is 3.00 bits per heavy atom. The Bertz CT molecular complexity index is 359. The van der Waals surface area contributed by atoms with E-state index in [0.29, 0.717) is 6.54 Å². The molecule has 2 heterocycles. The molecular weight excluding hydrogens is 212 g/mol. The first-order chi connectivity index (χ1) is 8.22. The van der Waals surface area contributed by atoms with Crippen molar-refractivity contribution in [2.75, 3.05) is 13.1 Å². The van der Waals surface area contributed by atoms with Crippen LogP contribution in [0, 0.1) is 12.8 Å². The van der Waals surface area contributed by atoms with Crippen molar-refractivity contribution in [1.29, 1.82) is 0 Å². The van der Waals surface area contributed by atoms with E-state index < -0.39 is 0 Å². The molecule has 1 fully saturated rings. The summed E-state index contributed by atoms with van der Waals surface area (Å²) in [7, 11) is 0. The predicted octanol–water partition coefficient (Wildman–Crippen LogP) is 2.67. The molecule has 0 aliphatic carbocycles. The first-order valence-electron chi connectivity index (χ1n) is 6.73. The highest BCUT2D eigenvalue weighted by Gasteiger charge is 2.19. The van der Waals surface area contributed by atoms with Crippen molar-refractivity contribution >= 4 is 0 Å². The van der Waals surface area contributed by atoms with Gasteiger partial charge in [0, 0.05) is 18.7 Å². The standard InChI is InChI=1S/C14H24N2O/c1-3-12-5-4-6-16(9-12)10-14-7-13(8-15)11(2)17-14/h7,12H,3-6,8-10,15H2,1-2H3. The largest absolute Gasteiger partial charge is 0.465 e. The van der Waals surface area contributed by atoms with Gasteiger partial charge in [0.2, 0.25) is 0 Å². The van der Waals surface area contributed by atoms with E-state index >= 15 is 0 Å². The van der Waals surface area contributed by atoms with Crippen molar-refractivity contribution in [3.8, 4) is 0 Å². The lowest BCUT2D eigenvalue weighted by Crippen LogP contribution is -2.34. The number of likely N-dealkylation sites (tertiary alicyclic amines) is 1. The van der Waals surface area contributed by atoms with Gasteiger partial charge in [-0.25, -0.2) is 0 Å². The van der Waals surface area contributed by atoms with Gasteiger partial charge in [-0.2, -0.15) is 0 Å². The summed E-state index contributed by atoms with van der Waals surface area (Å²) in [5.41, 5.74) is 6.81. The molecule has 1 unspecified atom stereocenters. The number of rotatable bonds is 4. The Labute approximate surface area is 104 Å². The van der Waals surface area contributed by atoms with Crippen LogP contribution < -0.4 is 5.73 Å². The topological polar surface area (TPSA) is 42.4 Å². The van der Waals surface area contributed by atoms with E-state index in [-0.39, 0.29) is 0 Å². The molecule has 0 saturated carbocycles. The van der Waals surface area contributed by atoms with Crippen LogP contribution in [0.2, 0.25) is 0 Å². The van der Waals surface area contributed by atoms with E-state index in [1.54, 1.807) is 0 Å². The molecule has 1 aliphatic rings. The molecule has 1 aliphatic heterocycles. The molecule has 2 N–H and O–H groups in total. The van der Waals surface area contributed by atoms with Crippen LogP contribution in [0.4, 0.5) is 0 Å². The molecule has 1 saturated heterocycles. The third-order valence-electron chi connectivity index (χ3n) is 3.85. The zero-order valence-corrected chi connectivity index (χ0v) is 11.0. The minimum atomic E-state index is 0.576. The monoisotopic (exact) mass is 236 g/mol. The molecule has 1 aromatic rings. The van der Waals surface area contributed by atoms with E-state index in [2.05, 4.69) is 17.9 Å². The quantitative estimate of drug-likeness (QED) is 0.874. The summed E-state index contributed by atoms with van der Waals surface area (Å²) in [5, 5.41) is 0. The zero-order chi connectivity index (χ0) is 12.3. The molecule has 1 aromatic heterocycles. The maximum absolute atomic E-state index is 5.76. The minimum absolute atomic E-state index is 0.576. The average Bonchev–Trinajstić information content (AvgIpc) is 2.69. The fourth-order valence-electron chi connectivity index (χ4n) is 2.72. The summed E-state index contributed by atoms with van der Waals surface area (Å²) < 4.78 is 5.76. The minimum Gasteiger partial charge on any atom is -0.465 e. The number of nitrogens with zero attached hydrogens (tertiary/aromatic N) is 1. The van der Waals surface area contributed by atoms with E-state index in [9.17, 15) is 0 Å². The molecule has 3 nitrogen and oxygen atoms in total. The Morgan fingerprint density at radius 1 is 1.53 bits per heavy atom. The van der Waals surface area contributed by atoms with Gasteiger partial charge in [-0.15, -0.1) is 0 Å². The van der Waals surface area contributed by atoms with Gasteiger partial charge in [0.05, 0.1) is 6.54 Å². The molecule has 96 valence electrons. The molecule has 3 heteroatoms. The number of furan rings is 1. The van der Waals surface area contributed by atoms with Crippen LogP contribution in [-0.4, -0.2) is 18.0 Å². The van der Waals surface area contributed by atoms with E-state index in [1.807, 2.05) is 6.92 Å². The Hall–Kier alpha value is -0.800. The molecule has 17 heavy (non-hydrogen) atoms. The molecular formula is C14H24N2O. The van der Waals surface area contributed by atoms with E-state index in [4.69, 9.17) is 10.2 Å². The van der Waals surface area contributed by atoms with Crippen LogP contribution in [0.5, 0.6) is 0 Å². The lowest BCUT2D eigenvalue weighted by Gasteiger charge is -2.31. The lowest BCUT2D eigenvalue weighted by molar-refractivity contribution is 0.154. The third kappa shape index (κ3) is 3.11. The molecule has 0 spiro atoms. The fourth-order valence-corrected chi connectivity index (χ4v) is 2.72. The number of nitrogens with two attached hydrogens (primary N) is 1. The van der Waals surface area contributed by atoms with Crippen molar-refractivity contribution in [2.45, 2.75) is 46.2 Å². The van der Waals surface area contributed by atoms with E-state index in [1.165, 1.54) is 32.4 Å². The van der Waals surface area contributed by atoms with Crippen molar-refractivity contribution < 1.29 is 4.42 Å². The highest BCUT2D eigenvalue weighted by atomic mass is 16.3. The lowest BCUT2D eigenvalue weighted by atomic mass is 9.96. The van der Waals surface area contributed by atoms with E-state index in [0.717, 1.165) is 29.5 Å². The van der Waals surface area contributed by atoms with Gasteiger partial charge < -0.3 is 10.2 Å². The number of hydrogen-bond acceptors (Lipinski definition) is 3. The summed E-state index contributed by atoms with van der Waals surface area (Å²) in [6.07, 6.45) is 4.00. The summed E-state index contributed by atoms with van der Waals surface area (Å²) in [5.74, 6) is 2.92. The summed E-state index contributed by atoms with van der Waals surface area (Å²) in [6.45, 7) is 8.22. The Morgan fingerprint density at radius 2 is 2.35 bits per heavy atom. The van der Waals surface area contributed by atoms with Gasteiger partial charge in [-0.1, -0.05) is 13.3 Å². The van der Waals surface area contributed by atoms with Gasteiger partial charge in [-0.3, -0.25) is 4.90 Å². The first-order valence-corrected chi connectivity index (χ1v) is 6.73. The van der Waals surface area contributed by atoms with Crippen LogP contribution >= 0.6 is 0 Å². The SMILES string of the molecule is CCC1CCCN(Cc2cc(CN)c(C)o2)C1. The molecule has 2 rings (SSSR count). The van der Waals surface area contributed by atoms with Crippen LogP contribution in [-0.2, 0) is 13.1 Å². The van der Waals surface area contributed by atoms with Gasteiger partial charge in [0.25, 0.3) is 0 Å². The fraction of sp³-hybridized carbons (Fsp3) is 0.714. The Balaban J connectivity index is 1.95. The smallest absolute Gasteiger partial charge is 0.118 e. The van der Waals surface area contributed by atoms with Gasteiger partial charge in [-0.05, 0) is 38.3 Å². The molecule has 0 bridgehead atoms. The Kier molecular flexibility index (Phi) is 4.24. The van der Waals surface area contributed by atoms with Crippen LogP contribution in [0.1, 0.15) is 43.3 Å². The maximum atomic E-state index is 5.76. The van der Waals surface area contributed by atoms with Crippen molar-refractivity contribution in [2.24, 2.45) is 11.7 Å². The van der Waals surface area contributed by atoms with Crippen LogP contribution in [0.3, 0.4) is 0 Å². The second-order valence-corrected chi connectivity index (χ2v) is 5.15. The van der Waals surface area contributed by atoms with Crippen molar-refractivity contribution in [1.82, 2.24) is 4.90 Å². The number of hydrogen-bond donors (Lipinski definition) is 1. The molecule has 0 amide bonds. The predicted molar refractivity (Wildman–Crippen MR) is 69.6 cm³/mol. The van der Waals surface area contributed by atoms with Gasteiger partial charge in [0.15, 0.2) is 0 Å². The van der Waals surface area contributed by atoms with Crippen molar-refractivity contribution in [3.05, 3.63) is 23.2 Å².